The minimum atomic E-state index is -4.38. The van der Waals surface area contributed by atoms with Gasteiger partial charge in [-0.1, -0.05) is 49.7 Å². The maximum Gasteiger partial charge on any atom is 0.422 e. The summed E-state index contributed by atoms with van der Waals surface area (Å²) in [7, 11) is 0. The van der Waals surface area contributed by atoms with E-state index in [1.165, 1.54) is 12.1 Å². The van der Waals surface area contributed by atoms with Gasteiger partial charge in [0.25, 0.3) is 0 Å². The molecule has 1 aromatic heterocycles. The van der Waals surface area contributed by atoms with Crippen molar-refractivity contribution in [2.45, 2.75) is 38.8 Å². The van der Waals surface area contributed by atoms with Gasteiger partial charge in [0.1, 0.15) is 11.6 Å². The fourth-order valence-electron chi connectivity index (χ4n) is 3.79. The van der Waals surface area contributed by atoms with E-state index in [9.17, 15) is 13.2 Å². The molecule has 0 N–H and O–H groups in total. The summed E-state index contributed by atoms with van der Waals surface area (Å²) in [6.07, 6.45) is 2.26. The Balaban J connectivity index is 1.44. The van der Waals surface area contributed by atoms with Crippen LogP contribution >= 0.6 is 0 Å². The highest BCUT2D eigenvalue weighted by Crippen LogP contribution is 2.27. The van der Waals surface area contributed by atoms with Crippen molar-refractivity contribution >= 4 is 10.8 Å². The lowest BCUT2D eigenvalue weighted by Gasteiger charge is -2.10. The number of ether oxygens (including phenoxy) is 1. The lowest BCUT2D eigenvalue weighted by atomic mass is 9.99. The molecule has 0 saturated heterocycles. The van der Waals surface area contributed by atoms with Gasteiger partial charge >= 0.3 is 6.18 Å². The predicted octanol–water partition coefficient (Wildman–Crippen LogP) is 7.11. The first-order chi connectivity index (χ1) is 16.3. The molecule has 0 bridgehead atoms. The number of benzene rings is 3. The SMILES string of the molecule is CCCc1cnc(-c2ccc3c(F)c(CCc4ccc(OCC(F)(F)F)cc4)ccc3c2)nc1. The zero-order valence-corrected chi connectivity index (χ0v) is 18.7. The zero-order chi connectivity index (χ0) is 24.1. The van der Waals surface area contributed by atoms with Crippen LogP contribution in [0, 0.1) is 5.82 Å². The molecule has 3 nitrogen and oxygen atoms in total. The van der Waals surface area contributed by atoms with Gasteiger partial charge in [0.15, 0.2) is 12.4 Å². The molecule has 0 fully saturated rings. The van der Waals surface area contributed by atoms with Crippen molar-refractivity contribution in [1.29, 1.82) is 0 Å². The van der Waals surface area contributed by atoms with Crippen LogP contribution in [0.1, 0.15) is 30.0 Å². The van der Waals surface area contributed by atoms with Crippen molar-refractivity contribution in [3.63, 3.8) is 0 Å². The van der Waals surface area contributed by atoms with Gasteiger partial charge in [-0.2, -0.15) is 13.2 Å². The third kappa shape index (κ3) is 5.90. The summed E-state index contributed by atoms with van der Waals surface area (Å²) in [5, 5.41) is 1.30. The molecule has 3 aromatic carbocycles. The quantitative estimate of drug-likeness (QED) is 0.258. The van der Waals surface area contributed by atoms with E-state index in [2.05, 4.69) is 16.9 Å². The molecular formula is C27H24F4N2O. The van der Waals surface area contributed by atoms with Crippen molar-refractivity contribution < 1.29 is 22.3 Å². The molecule has 0 aliphatic heterocycles. The first kappa shape index (κ1) is 23.7. The standard InChI is InChI=1S/C27H24F4N2O/c1-2-3-19-15-32-26(33-16-19)22-10-13-24-21(14-22)9-8-20(25(24)28)7-4-18-5-11-23(12-6-18)34-17-27(29,30)31/h5-6,8-16H,2-4,7,17H2,1H3. The fourth-order valence-corrected chi connectivity index (χ4v) is 3.79. The zero-order valence-electron chi connectivity index (χ0n) is 18.7. The molecule has 7 heteroatoms. The second-order valence-electron chi connectivity index (χ2n) is 8.19. The summed E-state index contributed by atoms with van der Waals surface area (Å²) < 4.78 is 56.7. The summed E-state index contributed by atoms with van der Waals surface area (Å²) in [5.74, 6) is 0.486. The van der Waals surface area contributed by atoms with Crippen LogP contribution in [0.15, 0.2) is 67.0 Å². The average molecular weight is 468 g/mol. The first-order valence-electron chi connectivity index (χ1n) is 11.1. The summed E-state index contributed by atoms with van der Waals surface area (Å²) >= 11 is 0. The molecule has 0 aliphatic carbocycles. The maximum absolute atomic E-state index is 15.2. The van der Waals surface area contributed by atoms with Crippen LogP contribution in [-0.2, 0) is 19.3 Å². The van der Waals surface area contributed by atoms with Crippen molar-refractivity contribution in [3.05, 3.63) is 89.5 Å². The Hall–Kier alpha value is -3.48. The van der Waals surface area contributed by atoms with E-state index < -0.39 is 12.8 Å². The lowest BCUT2D eigenvalue weighted by molar-refractivity contribution is -0.153. The van der Waals surface area contributed by atoms with Crippen LogP contribution < -0.4 is 4.74 Å². The Morgan fingerprint density at radius 1 is 0.824 bits per heavy atom. The van der Waals surface area contributed by atoms with Gasteiger partial charge in [0.05, 0.1) is 0 Å². The number of fused-ring (bicyclic) bond motifs is 1. The van der Waals surface area contributed by atoms with E-state index in [0.29, 0.717) is 29.6 Å². The molecule has 0 spiro atoms. The molecule has 34 heavy (non-hydrogen) atoms. The fraction of sp³-hybridized carbons (Fsp3) is 0.259. The van der Waals surface area contributed by atoms with Crippen LogP contribution in [0.25, 0.3) is 22.2 Å². The van der Waals surface area contributed by atoms with Crippen LogP contribution in [0.2, 0.25) is 0 Å². The minimum Gasteiger partial charge on any atom is -0.484 e. The van der Waals surface area contributed by atoms with Gasteiger partial charge in [-0.15, -0.1) is 0 Å². The van der Waals surface area contributed by atoms with Crippen molar-refractivity contribution in [2.24, 2.45) is 0 Å². The van der Waals surface area contributed by atoms with Gasteiger partial charge < -0.3 is 4.74 Å². The molecule has 0 aliphatic rings. The molecule has 1 heterocycles. The molecule has 0 unspecified atom stereocenters. The van der Waals surface area contributed by atoms with Gasteiger partial charge in [0, 0.05) is 23.3 Å². The molecule has 4 aromatic rings. The maximum atomic E-state index is 15.2. The van der Waals surface area contributed by atoms with E-state index in [0.717, 1.165) is 34.9 Å². The summed E-state index contributed by atoms with van der Waals surface area (Å²) in [6.45, 7) is 0.778. The summed E-state index contributed by atoms with van der Waals surface area (Å²) in [5.41, 5.74) is 3.39. The molecule has 176 valence electrons. The monoisotopic (exact) mass is 468 g/mol. The lowest BCUT2D eigenvalue weighted by Crippen LogP contribution is -2.19. The highest BCUT2D eigenvalue weighted by Gasteiger charge is 2.28. The normalized spacial score (nSPS) is 11.7. The molecule has 0 saturated carbocycles. The van der Waals surface area contributed by atoms with Crippen molar-refractivity contribution in [1.82, 2.24) is 9.97 Å². The topological polar surface area (TPSA) is 35.0 Å². The highest BCUT2D eigenvalue weighted by molar-refractivity contribution is 5.87. The Morgan fingerprint density at radius 2 is 1.56 bits per heavy atom. The molecule has 0 atom stereocenters. The van der Waals surface area contributed by atoms with E-state index in [1.54, 1.807) is 24.3 Å². The number of hydrogen-bond acceptors (Lipinski definition) is 3. The van der Waals surface area contributed by atoms with Crippen LogP contribution in [0.3, 0.4) is 0 Å². The van der Waals surface area contributed by atoms with Crippen LogP contribution in [0.4, 0.5) is 17.6 Å². The minimum absolute atomic E-state index is 0.151. The molecule has 0 radical (unpaired) electrons. The van der Waals surface area contributed by atoms with Gasteiger partial charge in [-0.05, 0) is 59.5 Å². The van der Waals surface area contributed by atoms with E-state index >= 15 is 4.39 Å². The number of rotatable bonds is 8. The summed E-state index contributed by atoms with van der Waals surface area (Å²) in [4.78, 5) is 8.88. The largest absolute Gasteiger partial charge is 0.484 e. The van der Waals surface area contributed by atoms with Crippen molar-refractivity contribution in [2.75, 3.05) is 6.61 Å². The molecule has 0 amide bonds. The number of hydrogen-bond donors (Lipinski definition) is 0. The highest BCUT2D eigenvalue weighted by atomic mass is 19.4. The Labute approximate surface area is 195 Å². The number of aromatic nitrogens is 2. The Bertz CT molecular complexity index is 1250. The second-order valence-corrected chi connectivity index (χ2v) is 8.19. The number of aryl methyl sites for hydroxylation is 3. The van der Waals surface area contributed by atoms with Gasteiger partial charge in [0.2, 0.25) is 0 Å². The first-order valence-corrected chi connectivity index (χ1v) is 11.1. The van der Waals surface area contributed by atoms with Crippen LogP contribution in [-0.4, -0.2) is 22.8 Å². The van der Waals surface area contributed by atoms with Crippen molar-refractivity contribution in [3.8, 4) is 17.1 Å². The molecular weight excluding hydrogens is 444 g/mol. The third-order valence-corrected chi connectivity index (χ3v) is 5.55. The average Bonchev–Trinajstić information content (AvgIpc) is 2.83. The Kier molecular flexibility index (Phi) is 7.10. The molecule has 4 rings (SSSR count). The summed E-state index contributed by atoms with van der Waals surface area (Å²) in [6, 6.07) is 15.5. The van der Waals surface area contributed by atoms with E-state index in [4.69, 9.17) is 4.74 Å². The third-order valence-electron chi connectivity index (χ3n) is 5.55. The second kappa shape index (κ2) is 10.2. The smallest absolute Gasteiger partial charge is 0.422 e. The number of nitrogens with zero attached hydrogens (tertiary/aromatic N) is 2. The number of alkyl halides is 3. The van der Waals surface area contributed by atoms with Crippen LogP contribution in [0.5, 0.6) is 5.75 Å². The Morgan fingerprint density at radius 3 is 2.24 bits per heavy atom. The predicted molar refractivity (Wildman–Crippen MR) is 124 cm³/mol. The van der Waals surface area contributed by atoms with E-state index in [-0.39, 0.29) is 11.6 Å². The van der Waals surface area contributed by atoms with Gasteiger partial charge in [-0.3, -0.25) is 0 Å². The van der Waals surface area contributed by atoms with E-state index in [1.807, 2.05) is 30.6 Å². The number of halogens is 4. The van der Waals surface area contributed by atoms with Gasteiger partial charge in [-0.25, -0.2) is 14.4 Å².